The zero-order valence-corrected chi connectivity index (χ0v) is 13.0. The zero-order valence-electron chi connectivity index (χ0n) is 10.6. The molecule has 2 nitrogen and oxygen atoms in total. The van der Waals surface area contributed by atoms with E-state index in [1.54, 1.807) is 11.3 Å². The first kappa shape index (κ1) is 16.9. The van der Waals surface area contributed by atoms with E-state index in [2.05, 4.69) is 26.0 Å². The minimum Gasteiger partial charge on any atom is -0.372 e. The second kappa shape index (κ2) is 8.24. The van der Waals surface area contributed by atoms with Crippen LogP contribution >= 0.6 is 27.3 Å². The number of nitrogens with one attached hydrogen (secondary N) is 1. The van der Waals surface area contributed by atoms with Gasteiger partial charge in [-0.15, -0.1) is 11.3 Å². The molecule has 110 valence electrons. The van der Waals surface area contributed by atoms with Crippen molar-refractivity contribution in [1.29, 1.82) is 0 Å². The van der Waals surface area contributed by atoms with Gasteiger partial charge in [0.05, 0.1) is 3.79 Å². The minimum absolute atomic E-state index is 0.115. The van der Waals surface area contributed by atoms with Crippen LogP contribution in [0.2, 0.25) is 0 Å². The fourth-order valence-corrected chi connectivity index (χ4v) is 3.25. The van der Waals surface area contributed by atoms with Crippen molar-refractivity contribution in [2.24, 2.45) is 0 Å². The molecule has 0 saturated carbocycles. The first-order chi connectivity index (χ1) is 8.90. The Bertz CT molecular complexity index is 370. The highest BCUT2D eigenvalue weighted by Crippen LogP contribution is 2.23. The average Bonchev–Trinajstić information content (AvgIpc) is 2.69. The highest BCUT2D eigenvalue weighted by molar-refractivity contribution is 9.11. The fraction of sp³-hybridized carbons (Fsp3) is 0.667. The summed E-state index contributed by atoms with van der Waals surface area (Å²) in [4.78, 5) is 1.20. The van der Waals surface area contributed by atoms with Crippen molar-refractivity contribution in [3.05, 3.63) is 20.8 Å². The molecule has 0 amide bonds. The molecule has 0 aromatic carbocycles. The molecule has 1 N–H and O–H groups in total. The number of halogens is 4. The minimum atomic E-state index is -4.24. The molecule has 19 heavy (non-hydrogen) atoms. The SMILES string of the molecule is CCNC(CCOCC(F)(F)F)Cc1ccc(Br)s1. The summed E-state index contributed by atoms with van der Waals surface area (Å²) in [6.45, 7) is 1.71. The predicted molar refractivity (Wildman–Crippen MR) is 74.7 cm³/mol. The van der Waals surface area contributed by atoms with Gasteiger partial charge in [-0.1, -0.05) is 6.92 Å². The molecule has 1 unspecified atom stereocenters. The third-order valence-corrected chi connectivity index (χ3v) is 4.09. The van der Waals surface area contributed by atoms with Gasteiger partial charge in [0.2, 0.25) is 0 Å². The standard InChI is InChI=1S/C12H17BrF3NOS/c1-2-17-9(5-6-18-8-12(14,15)16)7-10-3-4-11(13)19-10/h3-4,9,17H,2,5-8H2,1H3. The fourth-order valence-electron chi connectivity index (χ4n) is 1.68. The van der Waals surface area contributed by atoms with Crippen molar-refractivity contribution in [3.63, 3.8) is 0 Å². The molecule has 1 heterocycles. The van der Waals surface area contributed by atoms with Crippen LogP contribution in [-0.2, 0) is 11.2 Å². The van der Waals surface area contributed by atoms with Gasteiger partial charge in [0.15, 0.2) is 0 Å². The first-order valence-electron chi connectivity index (χ1n) is 6.03. The maximum atomic E-state index is 11.9. The molecule has 1 atom stereocenters. The van der Waals surface area contributed by atoms with Crippen LogP contribution in [0.15, 0.2) is 15.9 Å². The topological polar surface area (TPSA) is 21.3 Å². The van der Waals surface area contributed by atoms with Gasteiger partial charge in [0.25, 0.3) is 0 Å². The van der Waals surface area contributed by atoms with Gasteiger partial charge in [0, 0.05) is 17.5 Å². The van der Waals surface area contributed by atoms with Crippen LogP contribution in [0.3, 0.4) is 0 Å². The lowest BCUT2D eigenvalue weighted by Gasteiger charge is -2.17. The number of likely N-dealkylation sites (N-methyl/N-ethyl adjacent to an activating group) is 1. The van der Waals surface area contributed by atoms with Gasteiger partial charge >= 0.3 is 6.18 Å². The van der Waals surface area contributed by atoms with E-state index in [0.29, 0.717) is 6.42 Å². The Balaban J connectivity index is 2.32. The molecule has 0 aliphatic rings. The van der Waals surface area contributed by atoms with Gasteiger partial charge in [-0.25, -0.2) is 0 Å². The molecule has 0 spiro atoms. The lowest BCUT2D eigenvalue weighted by molar-refractivity contribution is -0.174. The number of thiophene rings is 1. The molecular weight excluding hydrogens is 343 g/mol. The summed E-state index contributed by atoms with van der Waals surface area (Å²) >= 11 is 5.04. The smallest absolute Gasteiger partial charge is 0.372 e. The Morgan fingerprint density at radius 1 is 1.42 bits per heavy atom. The quantitative estimate of drug-likeness (QED) is 0.708. The second-order valence-corrected chi connectivity index (χ2v) is 6.67. The van der Waals surface area contributed by atoms with Crippen LogP contribution in [0.25, 0.3) is 0 Å². The number of ether oxygens (including phenoxy) is 1. The van der Waals surface area contributed by atoms with Crippen molar-refractivity contribution in [3.8, 4) is 0 Å². The predicted octanol–water partition coefficient (Wildman–Crippen LogP) is 4.00. The zero-order chi connectivity index (χ0) is 14.3. The highest BCUT2D eigenvalue weighted by atomic mass is 79.9. The van der Waals surface area contributed by atoms with Crippen molar-refractivity contribution in [2.45, 2.75) is 32.0 Å². The Morgan fingerprint density at radius 2 is 2.16 bits per heavy atom. The maximum Gasteiger partial charge on any atom is 0.411 e. The van der Waals surface area contributed by atoms with E-state index in [1.807, 2.05) is 19.1 Å². The summed E-state index contributed by atoms with van der Waals surface area (Å²) < 4.78 is 41.5. The van der Waals surface area contributed by atoms with Crippen LogP contribution in [-0.4, -0.2) is 32.0 Å². The highest BCUT2D eigenvalue weighted by Gasteiger charge is 2.27. The molecule has 0 aliphatic carbocycles. The molecule has 1 aromatic heterocycles. The van der Waals surface area contributed by atoms with Gasteiger partial charge in [-0.2, -0.15) is 13.2 Å². The Kier molecular flexibility index (Phi) is 7.35. The van der Waals surface area contributed by atoms with E-state index in [0.717, 1.165) is 16.8 Å². The van der Waals surface area contributed by atoms with Gasteiger partial charge in [-0.3, -0.25) is 0 Å². The number of alkyl halides is 3. The lowest BCUT2D eigenvalue weighted by Crippen LogP contribution is -2.32. The van der Waals surface area contributed by atoms with Crippen molar-refractivity contribution >= 4 is 27.3 Å². The third-order valence-electron chi connectivity index (χ3n) is 2.45. The number of hydrogen-bond donors (Lipinski definition) is 1. The van der Waals surface area contributed by atoms with Gasteiger partial charge in [0.1, 0.15) is 6.61 Å². The van der Waals surface area contributed by atoms with Crippen molar-refractivity contribution in [1.82, 2.24) is 5.32 Å². The summed E-state index contributed by atoms with van der Waals surface area (Å²) in [6, 6.07) is 4.14. The monoisotopic (exact) mass is 359 g/mol. The normalized spacial score (nSPS) is 13.7. The number of rotatable bonds is 8. The Labute approximate surface area is 123 Å². The Morgan fingerprint density at radius 3 is 2.68 bits per heavy atom. The molecule has 0 fully saturated rings. The first-order valence-corrected chi connectivity index (χ1v) is 7.63. The molecule has 7 heteroatoms. The lowest BCUT2D eigenvalue weighted by atomic mass is 10.1. The van der Waals surface area contributed by atoms with Crippen LogP contribution in [0.5, 0.6) is 0 Å². The van der Waals surface area contributed by atoms with Crippen LogP contribution in [0.4, 0.5) is 13.2 Å². The summed E-state index contributed by atoms with van der Waals surface area (Å²) in [7, 11) is 0. The van der Waals surface area contributed by atoms with E-state index in [1.165, 1.54) is 4.88 Å². The van der Waals surface area contributed by atoms with Crippen LogP contribution < -0.4 is 5.32 Å². The Hall–Kier alpha value is -0.110. The average molecular weight is 360 g/mol. The van der Waals surface area contributed by atoms with Crippen molar-refractivity contribution < 1.29 is 17.9 Å². The third kappa shape index (κ3) is 7.91. The molecule has 1 rings (SSSR count). The molecule has 1 aromatic rings. The maximum absolute atomic E-state index is 11.9. The van der Waals surface area contributed by atoms with Crippen LogP contribution in [0.1, 0.15) is 18.2 Å². The second-order valence-electron chi connectivity index (χ2n) is 4.12. The molecule has 0 aliphatic heterocycles. The summed E-state index contributed by atoms with van der Waals surface area (Å²) in [5.74, 6) is 0. The molecule has 0 bridgehead atoms. The van der Waals surface area contributed by atoms with Crippen LogP contribution in [0, 0.1) is 0 Å². The molecule has 0 saturated heterocycles. The summed E-state index contributed by atoms with van der Waals surface area (Å²) in [5.41, 5.74) is 0. The largest absolute Gasteiger partial charge is 0.411 e. The van der Waals surface area contributed by atoms with E-state index >= 15 is 0 Å². The van der Waals surface area contributed by atoms with E-state index in [9.17, 15) is 13.2 Å². The molecule has 0 radical (unpaired) electrons. The summed E-state index contributed by atoms with van der Waals surface area (Å²) in [6.07, 6.45) is -2.87. The van der Waals surface area contributed by atoms with E-state index in [4.69, 9.17) is 0 Å². The van der Waals surface area contributed by atoms with Gasteiger partial charge in [-0.05, 0) is 47.4 Å². The van der Waals surface area contributed by atoms with Crippen molar-refractivity contribution in [2.75, 3.05) is 19.8 Å². The van der Waals surface area contributed by atoms with E-state index < -0.39 is 12.8 Å². The molecular formula is C12H17BrF3NOS. The number of hydrogen-bond acceptors (Lipinski definition) is 3. The summed E-state index contributed by atoms with van der Waals surface area (Å²) in [5, 5.41) is 3.27. The van der Waals surface area contributed by atoms with E-state index in [-0.39, 0.29) is 12.6 Å². The van der Waals surface area contributed by atoms with Gasteiger partial charge < -0.3 is 10.1 Å².